The molecule has 0 fully saturated rings. The molecule has 94 valence electrons. The molecule has 0 unspecified atom stereocenters. The van der Waals surface area contributed by atoms with E-state index in [-0.39, 0.29) is 22.7 Å². The average molecular weight is 270 g/mol. The molecule has 0 aliphatic heterocycles. The molecule has 0 bridgehead atoms. The molecule has 0 spiro atoms. The molecule has 18 heavy (non-hydrogen) atoms. The highest BCUT2D eigenvalue weighted by Gasteiger charge is 2.14. The van der Waals surface area contributed by atoms with Gasteiger partial charge in [-0.2, -0.15) is 10.1 Å². The Bertz CT molecular complexity index is 598. The predicted octanol–water partition coefficient (Wildman–Crippen LogP) is 1.16. The van der Waals surface area contributed by atoms with Gasteiger partial charge in [0.25, 0.3) is 5.91 Å². The van der Waals surface area contributed by atoms with Crippen molar-refractivity contribution in [3.63, 3.8) is 0 Å². The number of carbonyl (C=O) groups excluding carboxylic acids is 1. The maximum atomic E-state index is 13.5. The Labute approximate surface area is 107 Å². The van der Waals surface area contributed by atoms with Gasteiger partial charge < -0.3 is 4.90 Å². The third-order valence-electron chi connectivity index (χ3n) is 2.13. The molecule has 0 saturated carbocycles. The summed E-state index contributed by atoms with van der Waals surface area (Å²) in [5.41, 5.74) is 0.189. The summed E-state index contributed by atoms with van der Waals surface area (Å²) in [6.45, 7) is 0. The summed E-state index contributed by atoms with van der Waals surface area (Å²) in [6, 6.07) is 1.47. The van der Waals surface area contributed by atoms with E-state index in [1.807, 2.05) is 0 Å². The second-order valence-corrected chi connectivity index (χ2v) is 3.99. The van der Waals surface area contributed by atoms with E-state index in [4.69, 9.17) is 11.6 Å². The molecule has 0 radical (unpaired) electrons. The number of nitrogens with zero attached hydrogens (tertiary/aromatic N) is 5. The lowest BCUT2D eigenvalue weighted by Gasteiger charge is -2.07. The summed E-state index contributed by atoms with van der Waals surface area (Å²) in [6.07, 6.45) is 2.37. The van der Waals surface area contributed by atoms with E-state index < -0.39 is 5.82 Å². The van der Waals surface area contributed by atoms with Crippen molar-refractivity contribution in [1.29, 1.82) is 0 Å². The Morgan fingerprint density at radius 2 is 2.22 bits per heavy atom. The van der Waals surface area contributed by atoms with Crippen molar-refractivity contribution in [2.24, 2.45) is 0 Å². The van der Waals surface area contributed by atoms with Gasteiger partial charge in [0.15, 0.2) is 17.3 Å². The van der Waals surface area contributed by atoms with Crippen molar-refractivity contribution < 1.29 is 9.18 Å². The number of aromatic nitrogens is 4. The van der Waals surface area contributed by atoms with Crippen LogP contribution in [0.5, 0.6) is 0 Å². The zero-order valence-corrected chi connectivity index (χ0v) is 10.4. The Hall–Kier alpha value is -2.02. The van der Waals surface area contributed by atoms with Gasteiger partial charge in [-0.3, -0.25) is 4.79 Å². The molecule has 0 aliphatic carbocycles. The van der Waals surface area contributed by atoms with Crippen molar-refractivity contribution in [2.45, 2.75) is 0 Å². The highest BCUT2D eigenvalue weighted by atomic mass is 35.5. The Kier molecular flexibility index (Phi) is 3.24. The smallest absolute Gasteiger partial charge is 0.273 e. The van der Waals surface area contributed by atoms with Gasteiger partial charge in [0, 0.05) is 20.3 Å². The molecular formula is C10H9ClFN5O. The zero-order chi connectivity index (χ0) is 13.3. The Balaban J connectivity index is 2.41. The lowest BCUT2D eigenvalue weighted by molar-refractivity contribution is 0.0821. The van der Waals surface area contributed by atoms with Gasteiger partial charge in [0.1, 0.15) is 0 Å². The molecule has 0 N–H and O–H groups in total. The summed E-state index contributed by atoms with van der Waals surface area (Å²) >= 11 is 5.58. The van der Waals surface area contributed by atoms with Crippen LogP contribution in [-0.2, 0) is 0 Å². The minimum atomic E-state index is -0.675. The molecule has 2 aromatic rings. The average Bonchev–Trinajstić information content (AvgIpc) is 2.80. The standard InChI is InChI=1S/C10H9ClFN5O/c1-16(2)9(18)7-3-4-17(15-7)8-6(12)5-13-10(11)14-8/h3-5H,1-2H3. The number of rotatable bonds is 2. The number of hydrogen-bond donors (Lipinski definition) is 0. The number of halogens is 2. The lowest BCUT2D eigenvalue weighted by Crippen LogP contribution is -2.22. The van der Waals surface area contributed by atoms with Crippen LogP contribution in [0.25, 0.3) is 5.82 Å². The second-order valence-electron chi connectivity index (χ2n) is 3.66. The summed E-state index contributed by atoms with van der Waals surface area (Å²) in [7, 11) is 3.20. The van der Waals surface area contributed by atoms with Gasteiger partial charge in [-0.25, -0.2) is 14.1 Å². The van der Waals surface area contributed by atoms with Crippen LogP contribution in [0.4, 0.5) is 4.39 Å². The van der Waals surface area contributed by atoms with E-state index in [2.05, 4.69) is 15.1 Å². The molecular weight excluding hydrogens is 261 g/mol. The fourth-order valence-electron chi connectivity index (χ4n) is 1.28. The van der Waals surface area contributed by atoms with Crippen LogP contribution in [0.15, 0.2) is 18.5 Å². The monoisotopic (exact) mass is 269 g/mol. The van der Waals surface area contributed by atoms with E-state index in [1.54, 1.807) is 14.1 Å². The van der Waals surface area contributed by atoms with Crippen molar-refractivity contribution in [2.75, 3.05) is 14.1 Å². The summed E-state index contributed by atoms with van der Waals surface area (Å²) in [5, 5.41) is 3.85. The first kappa shape index (κ1) is 12.4. The van der Waals surface area contributed by atoms with Crippen molar-refractivity contribution in [1.82, 2.24) is 24.6 Å². The molecule has 0 atom stereocenters. The first-order valence-electron chi connectivity index (χ1n) is 4.95. The molecule has 2 heterocycles. The molecule has 0 saturated heterocycles. The molecule has 6 nitrogen and oxygen atoms in total. The lowest BCUT2D eigenvalue weighted by atomic mass is 10.4. The highest BCUT2D eigenvalue weighted by Crippen LogP contribution is 2.12. The van der Waals surface area contributed by atoms with Crippen LogP contribution >= 0.6 is 11.6 Å². The van der Waals surface area contributed by atoms with E-state index >= 15 is 0 Å². The van der Waals surface area contributed by atoms with Gasteiger partial charge in [-0.05, 0) is 17.7 Å². The third-order valence-corrected chi connectivity index (χ3v) is 2.31. The highest BCUT2D eigenvalue weighted by molar-refractivity contribution is 6.28. The van der Waals surface area contributed by atoms with Gasteiger partial charge in [0.2, 0.25) is 5.28 Å². The van der Waals surface area contributed by atoms with Crippen molar-refractivity contribution in [3.05, 3.63) is 35.3 Å². The van der Waals surface area contributed by atoms with Crippen molar-refractivity contribution >= 4 is 17.5 Å². The van der Waals surface area contributed by atoms with Crippen LogP contribution < -0.4 is 0 Å². The topological polar surface area (TPSA) is 63.9 Å². The molecule has 0 aliphatic rings. The van der Waals surface area contributed by atoms with Crippen LogP contribution in [0.1, 0.15) is 10.5 Å². The molecule has 0 aromatic carbocycles. The number of carbonyl (C=O) groups is 1. The van der Waals surface area contributed by atoms with E-state index in [0.717, 1.165) is 10.9 Å². The minimum absolute atomic E-state index is 0.0950. The first-order chi connectivity index (χ1) is 8.49. The molecule has 2 aromatic heterocycles. The second kappa shape index (κ2) is 4.69. The number of amides is 1. The van der Waals surface area contributed by atoms with Crippen LogP contribution in [0.2, 0.25) is 5.28 Å². The molecule has 1 amide bonds. The molecule has 8 heteroatoms. The fraction of sp³-hybridized carbons (Fsp3) is 0.200. The zero-order valence-electron chi connectivity index (χ0n) is 9.63. The van der Waals surface area contributed by atoms with Gasteiger partial charge in [-0.15, -0.1) is 0 Å². The quantitative estimate of drug-likeness (QED) is 0.768. The normalized spacial score (nSPS) is 10.4. The molecule has 2 rings (SSSR count). The maximum absolute atomic E-state index is 13.5. The Morgan fingerprint density at radius 1 is 1.50 bits per heavy atom. The SMILES string of the molecule is CN(C)C(=O)c1ccn(-c2nc(Cl)ncc2F)n1. The van der Waals surface area contributed by atoms with Gasteiger partial charge >= 0.3 is 0 Å². The van der Waals surface area contributed by atoms with E-state index in [1.165, 1.54) is 17.2 Å². The van der Waals surface area contributed by atoms with E-state index in [0.29, 0.717) is 0 Å². The summed E-state index contributed by atoms with van der Waals surface area (Å²) < 4.78 is 14.6. The third kappa shape index (κ3) is 2.30. The van der Waals surface area contributed by atoms with Crippen LogP contribution in [0.3, 0.4) is 0 Å². The summed E-state index contributed by atoms with van der Waals surface area (Å²) in [4.78, 5) is 20.2. The Morgan fingerprint density at radius 3 is 2.89 bits per heavy atom. The number of hydrogen-bond acceptors (Lipinski definition) is 4. The van der Waals surface area contributed by atoms with E-state index in [9.17, 15) is 9.18 Å². The predicted molar refractivity (Wildman–Crippen MR) is 62.1 cm³/mol. The van der Waals surface area contributed by atoms with Crippen LogP contribution in [0, 0.1) is 5.82 Å². The minimum Gasteiger partial charge on any atom is -0.343 e. The van der Waals surface area contributed by atoms with Crippen LogP contribution in [-0.4, -0.2) is 44.7 Å². The largest absolute Gasteiger partial charge is 0.343 e. The maximum Gasteiger partial charge on any atom is 0.273 e. The first-order valence-corrected chi connectivity index (χ1v) is 5.32. The van der Waals surface area contributed by atoms with Gasteiger partial charge in [-0.1, -0.05) is 0 Å². The van der Waals surface area contributed by atoms with Crippen molar-refractivity contribution in [3.8, 4) is 5.82 Å². The fourth-order valence-corrected chi connectivity index (χ4v) is 1.41. The van der Waals surface area contributed by atoms with Gasteiger partial charge in [0.05, 0.1) is 6.20 Å². The summed E-state index contributed by atoms with van der Waals surface area (Å²) in [5.74, 6) is -1.06.